The van der Waals surface area contributed by atoms with Gasteiger partial charge in [0.2, 0.25) is 15.9 Å². The van der Waals surface area contributed by atoms with Crippen molar-refractivity contribution in [1.29, 1.82) is 0 Å². The van der Waals surface area contributed by atoms with E-state index >= 15 is 0 Å². The van der Waals surface area contributed by atoms with Crippen LogP contribution in [-0.2, 0) is 21.2 Å². The third-order valence-corrected chi connectivity index (χ3v) is 6.49. The van der Waals surface area contributed by atoms with Crippen LogP contribution in [0.2, 0.25) is 0 Å². The molecule has 3 aromatic rings. The van der Waals surface area contributed by atoms with Crippen LogP contribution in [0.1, 0.15) is 42.0 Å². The molecule has 1 atom stereocenters. The van der Waals surface area contributed by atoms with Crippen molar-refractivity contribution in [3.05, 3.63) is 71.2 Å². The normalized spacial score (nSPS) is 12.5. The number of primary sulfonamides is 1. The quantitative estimate of drug-likeness (QED) is 0.601. The molecule has 0 saturated heterocycles. The van der Waals surface area contributed by atoms with Crippen LogP contribution in [0.15, 0.2) is 58.0 Å². The van der Waals surface area contributed by atoms with Crippen molar-refractivity contribution in [2.75, 3.05) is 7.05 Å². The number of aromatic nitrogens is 1. The minimum absolute atomic E-state index is 0.0425. The van der Waals surface area contributed by atoms with Crippen molar-refractivity contribution in [3.63, 3.8) is 0 Å². The smallest absolute Gasteiger partial charge is 0.238 e. The number of nitrogens with zero attached hydrogens (tertiary/aromatic N) is 2. The fourth-order valence-corrected chi connectivity index (χ4v) is 3.74. The number of carbonyl (C=O) groups excluding carboxylic acids is 1. The molecule has 3 rings (SSSR count). The molecule has 1 amide bonds. The minimum atomic E-state index is -3.74. The summed E-state index contributed by atoms with van der Waals surface area (Å²) in [6, 6.07) is 12.1. The maximum atomic E-state index is 12.7. The Morgan fingerprint density at radius 1 is 1.13 bits per heavy atom. The molecule has 2 aromatic carbocycles. The SMILES string of the molecule is Cc1ccc(-c2cnc(CCC(=O)N(C)C(C)c3ccc(S(N)(=O)=O)cc3)o2)cc1C. The maximum Gasteiger partial charge on any atom is 0.238 e. The molecule has 1 heterocycles. The predicted octanol–water partition coefficient (Wildman–Crippen LogP) is 3.76. The molecule has 0 bridgehead atoms. The number of hydrogen-bond acceptors (Lipinski definition) is 5. The number of sulfonamides is 1. The standard InChI is InChI=1S/C23H27N3O4S/c1-15-5-6-19(13-16(15)2)21-14-25-22(30-21)11-12-23(27)26(4)17(3)18-7-9-20(10-8-18)31(24,28)29/h5-10,13-14,17H,11-12H2,1-4H3,(H2,24,28,29). The maximum absolute atomic E-state index is 12.7. The second-order valence-corrected chi connectivity index (χ2v) is 9.27. The zero-order valence-electron chi connectivity index (χ0n) is 18.1. The summed E-state index contributed by atoms with van der Waals surface area (Å²) in [4.78, 5) is 18.6. The Kier molecular flexibility index (Phi) is 6.62. The van der Waals surface area contributed by atoms with E-state index in [4.69, 9.17) is 9.56 Å². The first-order valence-electron chi connectivity index (χ1n) is 9.97. The van der Waals surface area contributed by atoms with Gasteiger partial charge in [-0.05, 0) is 55.7 Å². The Bertz CT molecular complexity index is 1180. The van der Waals surface area contributed by atoms with Crippen LogP contribution < -0.4 is 5.14 Å². The fraction of sp³-hybridized carbons (Fsp3) is 0.304. The molecule has 0 saturated carbocycles. The van der Waals surface area contributed by atoms with E-state index in [1.807, 2.05) is 26.0 Å². The number of oxazole rings is 1. The Hall–Kier alpha value is -2.97. The van der Waals surface area contributed by atoms with Gasteiger partial charge in [-0.2, -0.15) is 0 Å². The summed E-state index contributed by atoms with van der Waals surface area (Å²) in [5, 5.41) is 5.13. The second kappa shape index (κ2) is 9.03. The highest BCUT2D eigenvalue weighted by Crippen LogP contribution is 2.24. The highest BCUT2D eigenvalue weighted by Gasteiger charge is 2.19. The second-order valence-electron chi connectivity index (χ2n) is 7.71. The van der Waals surface area contributed by atoms with E-state index in [0.717, 1.165) is 11.1 Å². The van der Waals surface area contributed by atoms with Gasteiger partial charge in [0.15, 0.2) is 11.7 Å². The van der Waals surface area contributed by atoms with Crippen molar-refractivity contribution < 1.29 is 17.6 Å². The monoisotopic (exact) mass is 441 g/mol. The van der Waals surface area contributed by atoms with Crippen molar-refractivity contribution in [2.45, 2.75) is 44.6 Å². The Morgan fingerprint density at radius 3 is 2.42 bits per heavy atom. The Morgan fingerprint density at radius 2 is 1.81 bits per heavy atom. The van der Waals surface area contributed by atoms with E-state index < -0.39 is 10.0 Å². The van der Waals surface area contributed by atoms with Crippen LogP contribution in [0.25, 0.3) is 11.3 Å². The van der Waals surface area contributed by atoms with Crippen molar-refractivity contribution in [3.8, 4) is 11.3 Å². The van der Waals surface area contributed by atoms with Gasteiger partial charge in [0.05, 0.1) is 17.1 Å². The van der Waals surface area contributed by atoms with Crippen LogP contribution in [0.3, 0.4) is 0 Å². The van der Waals surface area contributed by atoms with Crippen LogP contribution in [0, 0.1) is 13.8 Å². The van der Waals surface area contributed by atoms with E-state index in [0.29, 0.717) is 18.1 Å². The Labute approximate surface area is 183 Å². The summed E-state index contributed by atoms with van der Waals surface area (Å²) in [7, 11) is -2.02. The average molecular weight is 442 g/mol. The van der Waals surface area contributed by atoms with Gasteiger partial charge in [0, 0.05) is 25.5 Å². The number of hydrogen-bond donors (Lipinski definition) is 1. The molecule has 2 N–H and O–H groups in total. The molecule has 0 spiro atoms. The lowest BCUT2D eigenvalue weighted by Crippen LogP contribution is -2.29. The molecule has 1 aromatic heterocycles. The van der Waals surface area contributed by atoms with Crippen molar-refractivity contribution in [1.82, 2.24) is 9.88 Å². The molecule has 164 valence electrons. The first kappa shape index (κ1) is 22.7. The highest BCUT2D eigenvalue weighted by atomic mass is 32.2. The number of amides is 1. The first-order chi connectivity index (χ1) is 14.6. The van der Waals surface area contributed by atoms with Gasteiger partial charge in [0.25, 0.3) is 0 Å². The summed E-state index contributed by atoms with van der Waals surface area (Å²) < 4.78 is 28.6. The molecule has 0 aliphatic rings. The summed E-state index contributed by atoms with van der Waals surface area (Å²) in [5.74, 6) is 1.14. The number of benzene rings is 2. The van der Waals surface area contributed by atoms with Gasteiger partial charge in [-0.3, -0.25) is 4.79 Å². The zero-order valence-corrected chi connectivity index (χ0v) is 18.9. The van der Waals surface area contributed by atoms with Gasteiger partial charge in [-0.1, -0.05) is 24.3 Å². The topological polar surface area (TPSA) is 106 Å². The number of carbonyl (C=O) groups is 1. The van der Waals surface area contributed by atoms with Crippen molar-refractivity contribution >= 4 is 15.9 Å². The average Bonchev–Trinajstić information content (AvgIpc) is 3.21. The molecule has 0 radical (unpaired) electrons. The molecule has 1 unspecified atom stereocenters. The Balaban J connectivity index is 1.61. The van der Waals surface area contributed by atoms with Gasteiger partial charge in [0.1, 0.15) is 0 Å². The van der Waals surface area contributed by atoms with Gasteiger partial charge >= 0.3 is 0 Å². The first-order valence-corrected chi connectivity index (χ1v) is 11.5. The summed E-state index contributed by atoms with van der Waals surface area (Å²) in [6.07, 6.45) is 2.33. The lowest BCUT2D eigenvalue weighted by Gasteiger charge is -2.25. The summed E-state index contributed by atoms with van der Waals surface area (Å²) in [5.41, 5.74) is 4.17. The molecule has 0 aliphatic carbocycles. The van der Waals surface area contributed by atoms with Gasteiger partial charge in [-0.25, -0.2) is 18.5 Å². The lowest BCUT2D eigenvalue weighted by atomic mass is 10.1. The molecular weight excluding hydrogens is 414 g/mol. The third kappa shape index (κ3) is 5.39. The van der Waals surface area contributed by atoms with Gasteiger partial charge < -0.3 is 9.32 Å². The summed E-state index contributed by atoms with van der Waals surface area (Å²) >= 11 is 0. The van der Waals surface area contributed by atoms with Crippen LogP contribution >= 0.6 is 0 Å². The van der Waals surface area contributed by atoms with E-state index in [-0.39, 0.29) is 23.3 Å². The van der Waals surface area contributed by atoms with Gasteiger partial charge in [-0.15, -0.1) is 0 Å². The van der Waals surface area contributed by atoms with E-state index in [9.17, 15) is 13.2 Å². The minimum Gasteiger partial charge on any atom is -0.441 e. The molecule has 7 nitrogen and oxygen atoms in total. The predicted molar refractivity (Wildman–Crippen MR) is 119 cm³/mol. The van der Waals surface area contributed by atoms with Crippen LogP contribution in [0.4, 0.5) is 0 Å². The number of nitrogens with two attached hydrogens (primary N) is 1. The molecular formula is C23H27N3O4S. The zero-order chi connectivity index (χ0) is 22.8. The largest absolute Gasteiger partial charge is 0.441 e. The molecule has 8 heteroatoms. The molecule has 0 fully saturated rings. The number of rotatable bonds is 7. The third-order valence-electron chi connectivity index (χ3n) is 5.56. The number of aryl methyl sites for hydroxylation is 3. The molecule has 0 aliphatic heterocycles. The van der Waals surface area contributed by atoms with E-state index in [2.05, 4.69) is 18.0 Å². The van der Waals surface area contributed by atoms with E-state index in [1.54, 1.807) is 30.3 Å². The fourth-order valence-electron chi connectivity index (χ4n) is 3.22. The van der Waals surface area contributed by atoms with Crippen LogP contribution in [0.5, 0.6) is 0 Å². The summed E-state index contributed by atoms with van der Waals surface area (Å²) in [6.45, 7) is 5.99. The highest BCUT2D eigenvalue weighted by molar-refractivity contribution is 7.89. The lowest BCUT2D eigenvalue weighted by molar-refractivity contribution is -0.131. The van der Waals surface area contributed by atoms with Crippen molar-refractivity contribution in [2.24, 2.45) is 5.14 Å². The van der Waals surface area contributed by atoms with E-state index in [1.165, 1.54) is 23.3 Å². The molecule has 31 heavy (non-hydrogen) atoms. The van der Waals surface area contributed by atoms with Crippen LogP contribution in [-0.4, -0.2) is 31.3 Å².